The molecule has 9 nitrogen and oxygen atoms in total. The molecular formula is C25H18ClN3O6S. The number of hydrogen-bond donors (Lipinski definition) is 1. The van der Waals surface area contributed by atoms with Crippen LogP contribution in [0, 0.1) is 10.1 Å². The van der Waals surface area contributed by atoms with E-state index in [0.29, 0.717) is 27.0 Å². The van der Waals surface area contributed by atoms with E-state index in [9.17, 15) is 19.7 Å². The van der Waals surface area contributed by atoms with Gasteiger partial charge in [-0.3, -0.25) is 14.9 Å². The van der Waals surface area contributed by atoms with Crippen molar-refractivity contribution in [2.75, 3.05) is 0 Å². The second kappa shape index (κ2) is 11.0. The largest absolute Gasteiger partial charge is 0.481 e. The quantitative estimate of drug-likeness (QED) is 0.105. The summed E-state index contributed by atoms with van der Waals surface area (Å²) in [6.07, 6.45) is 0.488. The van der Waals surface area contributed by atoms with Gasteiger partial charge in [-0.25, -0.2) is 10.2 Å². The van der Waals surface area contributed by atoms with Gasteiger partial charge in [-0.15, -0.1) is 11.3 Å². The number of esters is 1. The Kier molecular flexibility index (Phi) is 7.57. The second-order valence-electron chi connectivity index (χ2n) is 7.45. The molecule has 0 fully saturated rings. The van der Waals surface area contributed by atoms with Crippen LogP contribution in [0.25, 0.3) is 10.1 Å². The summed E-state index contributed by atoms with van der Waals surface area (Å²) in [7, 11) is 0. The molecule has 0 radical (unpaired) electrons. The maximum Gasteiger partial charge on any atom is 0.355 e. The molecule has 4 rings (SSSR count). The molecule has 1 atom stereocenters. The number of benzene rings is 3. The van der Waals surface area contributed by atoms with E-state index in [4.69, 9.17) is 21.1 Å². The summed E-state index contributed by atoms with van der Waals surface area (Å²) in [6.45, 7) is 1.52. The number of non-ortho nitro benzene ring substituents is 1. The fourth-order valence-electron chi connectivity index (χ4n) is 3.12. The standard InChI is InChI=1S/C25H18ClN3O6S/c1-15(34-18-11-9-17(10-12-18)29(32)33)24(30)28-27-14-16-5-4-6-19(13-16)35-25(31)23-22(26)20-7-2-3-8-21(20)36-23/h2-15H,1H3,(H,28,30). The molecular weight excluding hydrogens is 506 g/mol. The molecule has 0 saturated heterocycles. The van der Waals surface area contributed by atoms with Gasteiger partial charge in [0.15, 0.2) is 6.10 Å². The average Bonchev–Trinajstić information content (AvgIpc) is 3.21. The van der Waals surface area contributed by atoms with Gasteiger partial charge in [-0.1, -0.05) is 41.9 Å². The van der Waals surface area contributed by atoms with Crippen LogP contribution in [-0.4, -0.2) is 29.1 Å². The van der Waals surface area contributed by atoms with Crippen molar-refractivity contribution < 1.29 is 24.0 Å². The van der Waals surface area contributed by atoms with E-state index >= 15 is 0 Å². The van der Waals surface area contributed by atoms with E-state index in [1.54, 1.807) is 24.3 Å². The number of nitrogens with one attached hydrogen (secondary N) is 1. The van der Waals surface area contributed by atoms with E-state index in [0.717, 1.165) is 10.1 Å². The Labute approximate surface area is 214 Å². The van der Waals surface area contributed by atoms with Crippen LogP contribution in [0.4, 0.5) is 5.69 Å². The lowest BCUT2D eigenvalue weighted by atomic mass is 10.2. The summed E-state index contributed by atoms with van der Waals surface area (Å²) < 4.78 is 11.8. The molecule has 182 valence electrons. The smallest absolute Gasteiger partial charge is 0.355 e. The molecule has 0 aliphatic rings. The highest BCUT2D eigenvalue weighted by molar-refractivity contribution is 7.21. The molecule has 4 aromatic rings. The van der Waals surface area contributed by atoms with Crippen molar-refractivity contribution in [3.05, 3.63) is 98.4 Å². The number of halogens is 1. The van der Waals surface area contributed by atoms with Gasteiger partial charge in [0.1, 0.15) is 16.4 Å². The van der Waals surface area contributed by atoms with Gasteiger partial charge in [0.05, 0.1) is 16.2 Å². The predicted octanol–water partition coefficient (Wildman–Crippen LogP) is 5.60. The molecule has 0 saturated carbocycles. The molecule has 1 aromatic heterocycles. The van der Waals surface area contributed by atoms with Gasteiger partial charge in [0.25, 0.3) is 11.6 Å². The number of nitro benzene ring substituents is 1. The van der Waals surface area contributed by atoms with Crippen molar-refractivity contribution in [3.8, 4) is 11.5 Å². The molecule has 0 aliphatic heterocycles. The van der Waals surface area contributed by atoms with Crippen LogP contribution < -0.4 is 14.9 Å². The first kappa shape index (κ1) is 24.8. The highest BCUT2D eigenvalue weighted by Gasteiger charge is 2.19. The molecule has 11 heteroatoms. The molecule has 1 N–H and O–H groups in total. The van der Waals surface area contributed by atoms with Crippen molar-refractivity contribution >= 4 is 56.8 Å². The Hall–Kier alpha value is -4.28. The van der Waals surface area contributed by atoms with Crippen molar-refractivity contribution in [1.29, 1.82) is 0 Å². The summed E-state index contributed by atoms with van der Waals surface area (Å²) in [5.41, 5.74) is 2.86. The van der Waals surface area contributed by atoms with Gasteiger partial charge in [-0.05, 0) is 42.8 Å². The van der Waals surface area contributed by atoms with Gasteiger partial charge >= 0.3 is 5.97 Å². The Bertz CT molecular complexity index is 1470. The Balaban J connectivity index is 1.34. The molecule has 1 heterocycles. The Morgan fingerprint density at radius 3 is 2.56 bits per heavy atom. The maximum atomic E-state index is 12.7. The molecule has 1 amide bonds. The lowest BCUT2D eigenvalue weighted by Crippen LogP contribution is -2.33. The van der Waals surface area contributed by atoms with Gasteiger partial charge in [0, 0.05) is 22.2 Å². The number of ether oxygens (including phenoxy) is 2. The number of hydrazone groups is 1. The van der Waals surface area contributed by atoms with E-state index in [2.05, 4.69) is 10.5 Å². The van der Waals surface area contributed by atoms with Crippen molar-refractivity contribution in [3.63, 3.8) is 0 Å². The number of fused-ring (bicyclic) bond motifs is 1. The first-order valence-corrected chi connectivity index (χ1v) is 11.7. The first-order chi connectivity index (χ1) is 17.3. The highest BCUT2D eigenvalue weighted by Crippen LogP contribution is 2.35. The molecule has 0 bridgehead atoms. The first-order valence-electron chi connectivity index (χ1n) is 10.5. The van der Waals surface area contributed by atoms with Crippen LogP contribution in [0.3, 0.4) is 0 Å². The van der Waals surface area contributed by atoms with E-state index in [-0.39, 0.29) is 5.69 Å². The van der Waals surface area contributed by atoms with Crippen molar-refractivity contribution in [1.82, 2.24) is 5.43 Å². The van der Waals surface area contributed by atoms with Gasteiger partial charge in [0.2, 0.25) is 0 Å². The fourth-order valence-corrected chi connectivity index (χ4v) is 4.51. The minimum atomic E-state index is -0.901. The molecule has 1 unspecified atom stereocenters. The highest BCUT2D eigenvalue weighted by atomic mass is 35.5. The number of thiophene rings is 1. The Morgan fingerprint density at radius 1 is 1.08 bits per heavy atom. The summed E-state index contributed by atoms with van der Waals surface area (Å²) in [5.74, 6) is -0.494. The van der Waals surface area contributed by atoms with Crippen LogP contribution in [0.1, 0.15) is 22.2 Å². The van der Waals surface area contributed by atoms with Crippen LogP contribution in [0.5, 0.6) is 11.5 Å². The third kappa shape index (κ3) is 5.85. The third-order valence-corrected chi connectivity index (χ3v) is 6.56. The number of nitro groups is 1. The summed E-state index contributed by atoms with van der Waals surface area (Å²) >= 11 is 7.61. The van der Waals surface area contributed by atoms with E-state index < -0.39 is 22.9 Å². The normalized spacial score (nSPS) is 11.8. The average molecular weight is 524 g/mol. The molecule has 3 aromatic carbocycles. The van der Waals surface area contributed by atoms with E-state index in [1.165, 1.54) is 48.7 Å². The Morgan fingerprint density at radius 2 is 1.83 bits per heavy atom. The third-order valence-electron chi connectivity index (χ3n) is 4.91. The predicted molar refractivity (Wildman–Crippen MR) is 137 cm³/mol. The van der Waals surface area contributed by atoms with Crippen molar-refractivity contribution in [2.45, 2.75) is 13.0 Å². The molecule has 0 spiro atoms. The SMILES string of the molecule is CC(Oc1ccc([N+](=O)[O-])cc1)C(=O)NN=Cc1cccc(OC(=O)c2sc3ccccc3c2Cl)c1. The summed E-state index contributed by atoms with van der Waals surface area (Å²) in [6, 6.07) is 19.4. The minimum absolute atomic E-state index is 0.0797. The van der Waals surface area contributed by atoms with Crippen LogP contribution in [0.2, 0.25) is 5.02 Å². The lowest BCUT2D eigenvalue weighted by Gasteiger charge is -2.12. The summed E-state index contributed by atoms with van der Waals surface area (Å²) in [5, 5.41) is 15.8. The van der Waals surface area contributed by atoms with Gasteiger partial charge < -0.3 is 9.47 Å². The zero-order valence-corrected chi connectivity index (χ0v) is 20.3. The molecule has 36 heavy (non-hydrogen) atoms. The molecule has 0 aliphatic carbocycles. The summed E-state index contributed by atoms with van der Waals surface area (Å²) in [4.78, 5) is 35.4. The van der Waals surface area contributed by atoms with E-state index in [1.807, 2.05) is 24.3 Å². The second-order valence-corrected chi connectivity index (χ2v) is 8.88. The number of nitrogens with zero attached hydrogens (tertiary/aromatic N) is 2. The number of carbonyl (C=O) groups excluding carboxylic acids is 2. The maximum absolute atomic E-state index is 12.7. The minimum Gasteiger partial charge on any atom is -0.481 e. The zero-order valence-electron chi connectivity index (χ0n) is 18.7. The van der Waals surface area contributed by atoms with Crippen LogP contribution in [-0.2, 0) is 4.79 Å². The van der Waals surface area contributed by atoms with Crippen LogP contribution in [0.15, 0.2) is 77.9 Å². The number of hydrogen-bond acceptors (Lipinski definition) is 8. The van der Waals surface area contributed by atoms with Crippen molar-refractivity contribution in [2.24, 2.45) is 5.10 Å². The fraction of sp³-hybridized carbons (Fsp3) is 0.0800. The number of rotatable bonds is 8. The lowest BCUT2D eigenvalue weighted by molar-refractivity contribution is -0.384. The van der Waals surface area contributed by atoms with Gasteiger partial charge in [-0.2, -0.15) is 5.10 Å². The zero-order chi connectivity index (χ0) is 25.7. The monoisotopic (exact) mass is 523 g/mol. The van der Waals surface area contributed by atoms with Crippen LogP contribution >= 0.6 is 22.9 Å². The number of carbonyl (C=O) groups is 2. The number of amides is 1. The topological polar surface area (TPSA) is 120 Å².